The maximum atomic E-state index is 12.3. The molecule has 0 bridgehead atoms. The summed E-state index contributed by atoms with van der Waals surface area (Å²) in [7, 11) is 1.91. The number of nitrogens with zero attached hydrogens (tertiary/aromatic N) is 2. The van der Waals surface area contributed by atoms with Crippen LogP contribution in [0.1, 0.15) is 16.8 Å². The molecular weight excluding hydrogens is 418 g/mol. The number of hydrogen-bond acceptors (Lipinski definition) is 6. The summed E-state index contributed by atoms with van der Waals surface area (Å²) in [6.45, 7) is 1.21. The highest BCUT2D eigenvalue weighted by atomic mass is 32.2. The molecule has 0 aliphatic heterocycles. The largest absolute Gasteiger partial charge is 0.494 e. The van der Waals surface area contributed by atoms with Crippen molar-refractivity contribution < 1.29 is 22.7 Å². The van der Waals surface area contributed by atoms with Crippen LogP contribution in [-0.2, 0) is 14.6 Å². The van der Waals surface area contributed by atoms with Crippen molar-refractivity contribution in [1.82, 2.24) is 9.80 Å². The molecule has 2 amide bonds. The lowest BCUT2D eigenvalue weighted by Gasteiger charge is -2.17. The van der Waals surface area contributed by atoms with Crippen molar-refractivity contribution in [2.24, 2.45) is 0 Å². The van der Waals surface area contributed by atoms with Gasteiger partial charge in [-0.05, 0) is 49.9 Å². The summed E-state index contributed by atoms with van der Waals surface area (Å²) in [5, 5.41) is 2.80. The van der Waals surface area contributed by atoms with Crippen LogP contribution < -0.4 is 10.1 Å². The fraction of sp³-hybridized carbons (Fsp3) is 0.364. The number of likely N-dealkylation sites (N-methyl/N-ethyl adjacent to an activating group) is 1. The first kappa shape index (κ1) is 24.4. The number of carbonyl (C=O) groups excluding carboxylic acids is 2. The highest BCUT2D eigenvalue weighted by Gasteiger charge is 2.11. The molecule has 0 fully saturated rings. The van der Waals surface area contributed by atoms with Crippen LogP contribution >= 0.6 is 0 Å². The normalized spacial score (nSPS) is 11.3. The minimum Gasteiger partial charge on any atom is -0.494 e. The van der Waals surface area contributed by atoms with E-state index in [2.05, 4.69) is 5.32 Å². The molecule has 0 atom stereocenters. The van der Waals surface area contributed by atoms with E-state index in [0.29, 0.717) is 36.6 Å². The van der Waals surface area contributed by atoms with Crippen LogP contribution in [0.4, 0.5) is 5.69 Å². The van der Waals surface area contributed by atoms with Crippen LogP contribution in [0.15, 0.2) is 53.4 Å². The number of carbonyl (C=O) groups is 2. The Labute approximate surface area is 183 Å². The van der Waals surface area contributed by atoms with Gasteiger partial charge in [0, 0.05) is 38.1 Å². The monoisotopic (exact) mass is 447 g/mol. The number of benzene rings is 2. The van der Waals surface area contributed by atoms with Crippen LogP contribution in [0, 0.1) is 0 Å². The van der Waals surface area contributed by atoms with E-state index in [0.717, 1.165) is 6.26 Å². The van der Waals surface area contributed by atoms with E-state index in [1.54, 1.807) is 50.5 Å². The molecule has 168 valence electrons. The van der Waals surface area contributed by atoms with Crippen LogP contribution in [0.2, 0.25) is 0 Å². The molecule has 0 saturated heterocycles. The highest BCUT2D eigenvalue weighted by Crippen LogP contribution is 2.17. The zero-order valence-corrected chi connectivity index (χ0v) is 19.1. The molecular formula is C22H29N3O5S. The molecule has 8 nitrogen and oxygen atoms in total. The van der Waals surface area contributed by atoms with Crippen molar-refractivity contribution in [3.05, 3.63) is 54.1 Å². The number of anilines is 1. The lowest BCUT2D eigenvalue weighted by atomic mass is 10.2. The first-order chi connectivity index (χ1) is 14.6. The second-order valence-corrected chi connectivity index (χ2v) is 9.53. The van der Waals surface area contributed by atoms with Crippen molar-refractivity contribution in [3.8, 4) is 5.75 Å². The van der Waals surface area contributed by atoms with Gasteiger partial charge in [-0.1, -0.05) is 12.1 Å². The molecule has 1 N–H and O–H groups in total. The molecule has 2 rings (SSSR count). The van der Waals surface area contributed by atoms with Crippen LogP contribution in [0.5, 0.6) is 5.75 Å². The lowest BCUT2D eigenvalue weighted by molar-refractivity contribution is -0.117. The third-order valence-corrected chi connectivity index (χ3v) is 5.51. The fourth-order valence-electron chi connectivity index (χ4n) is 2.83. The van der Waals surface area contributed by atoms with Crippen molar-refractivity contribution >= 4 is 27.3 Å². The Kier molecular flexibility index (Phi) is 8.58. The molecule has 2 aromatic carbocycles. The molecule has 0 unspecified atom stereocenters. The number of nitrogens with one attached hydrogen (secondary N) is 1. The van der Waals surface area contributed by atoms with E-state index < -0.39 is 9.84 Å². The predicted molar refractivity (Wildman–Crippen MR) is 120 cm³/mol. The van der Waals surface area contributed by atoms with Crippen molar-refractivity contribution in [2.45, 2.75) is 11.3 Å². The molecule has 0 heterocycles. The molecule has 31 heavy (non-hydrogen) atoms. The van der Waals surface area contributed by atoms with Gasteiger partial charge in [0.2, 0.25) is 5.91 Å². The summed E-state index contributed by atoms with van der Waals surface area (Å²) in [6, 6.07) is 13.2. The van der Waals surface area contributed by atoms with E-state index in [9.17, 15) is 18.0 Å². The molecule has 9 heteroatoms. The van der Waals surface area contributed by atoms with Crippen LogP contribution in [0.25, 0.3) is 0 Å². The van der Waals surface area contributed by atoms with E-state index in [1.807, 2.05) is 11.9 Å². The van der Waals surface area contributed by atoms with Gasteiger partial charge in [0.25, 0.3) is 5.91 Å². The number of hydrogen-bond donors (Lipinski definition) is 1. The van der Waals surface area contributed by atoms with Gasteiger partial charge in [0.15, 0.2) is 9.84 Å². The Hall–Kier alpha value is -2.91. The zero-order valence-electron chi connectivity index (χ0n) is 18.3. The second kappa shape index (κ2) is 10.9. The average Bonchev–Trinajstić information content (AvgIpc) is 2.70. The molecule has 0 saturated carbocycles. The van der Waals surface area contributed by atoms with Gasteiger partial charge in [0.05, 0.1) is 18.0 Å². The van der Waals surface area contributed by atoms with E-state index >= 15 is 0 Å². The molecule has 0 radical (unpaired) electrons. The number of amides is 2. The van der Waals surface area contributed by atoms with Gasteiger partial charge in [-0.15, -0.1) is 0 Å². The van der Waals surface area contributed by atoms with E-state index in [4.69, 9.17) is 4.74 Å². The van der Waals surface area contributed by atoms with Crippen LogP contribution in [0.3, 0.4) is 0 Å². The molecule has 2 aromatic rings. The van der Waals surface area contributed by atoms with E-state index in [-0.39, 0.29) is 23.3 Å². The van der Waals surface area contributed by atoms with Gasteiger partial charge in [-0.3, -0.25) is 14.5 Å². The SMILES string of the molecule is CN(CCCOc1cccc(S(C)(=O)=O)c1)CC(=O)Nc1cccc(C(=O)N(C)C)c1. The molecule has 0 aliphatic carbocycles. The Morgan fingerprint density at radius 1 is 1.03 bits per heavy atom. The Bertz CT molecular complexity index is 1020. The Balaban J connectivity index is 1.77. The Morgan fingerprint density at radius 3 is 2.42 bits per heavy atom. The van der Waals surface area contributed by atoms with Gasteiger partial charge in [-0.2, -0.15) is 0 Å². The maximum absolute atomic E-state index is 12.3. The zero-order chi connectivity index (χ0) is 23.0. The summed E-state index contributed by atoms with van der Waals surface area (Å²) < 4.78 is 28.8. The van der Waals surface area contributed by atoms with Gasteiger partial charge < -0.3 is 15.0 Å². The van der Waals surface area contributed by atoms with Crippen molar-refractivity contribution in [2.75, 3.05) is 52.4 Å². The third kappa shape index (κ3) is 8.03. The molecule has 0 aromatic heterocycles. The standard InChI is InChI=1S/C22H29N3O5S/c1-24(2)22(27)17-8-5-9-18(14-17)23-21(26)16-25(3)12-7-13-30-19-10-6-11-20(15-19)31(4,28)29/h5-6,8-11,14-15H,7,12-13,16H2,1-4H3,(H,23,26). The summed E-state index contributed by atoms with van der Waals surface area (Å²) in [6.07, 6.45) is 1.82. The predicted octanol–water partition coefficient (Wildman–Crippen LogP) is 2.13. The first-order valence-corrected chi connectivity index (χ1v) is 11.7. The smallest absolute Gasteiger partial charge is 0.253 e. The summed E-state index contributed by atoms with van der Waals surface area (Å²) in [4.78, 5) is 27.9. The highest BCUT2D eigenvalue weighted by molar-refractivity contribution is 7.90. The third-order valence-electron chi connectivity index (χ3n) is 4.40. The second-order valence-electron chi connectivity index (χ2n) is 7.52. The summed E-state index contributed by atoms with van der Waals surface area (Å²) in [5.41, 5.74) is 1.08. The van der Waals surface area contributed by atoms with Gasteiger partial charge >= 0.3 is 0 Å². The maximum Gasteiger partial charge on any atom is 0.253 e. The summed E-state index contributed by atoms with van der Waals surface area (Å²) >= 11 is 0. The average molecular weight is 448 g/mol. The number of ether oxygens (including phenoxy) is 1. The lowest BCUT2D eigenvalue weighted by Crippen LogP contribution is -2.31. The van der Waals surface area contributed by atoms with Gasteiger partial charge in [-0.25, -0.2) is 8.42 Å². The van der Waals surface area contributed by atoms with Crippen molar-refractivity contribution in [1.29, 1.82) is 0 Å². The summed E-state index contributed by atoms with van der Waals surface area (Å²) in [5.74, 6) is 0.185. The fourth-order valence-corrected chi connectivity index (χ4v) is 3.49. The number of sulfone groups is 1. The minimum absolute atomic E-state index is 0.129. The topological polar surface area (TPSA) is 96.0 Å². The number of rotatable bonds is 10. The van der Waals surface area contributed by atoms with Crippen LogP contribution in [-0.4, -0.2) is 77.1 Å². The minimum atomic E-state index is -3.27. The van der Waals surface area contributed by atoms with Crippen molar-refractivity contribution in [3.63, 3.8) is 0 Å². The van der Waals surface area contributed by atoms with E-state index in [1.165, 1.54) is 17.0 Å². The quantitative estimate of drug-likeness (QED) is 0.561. The van der Waals surface area contributed by atoms with Gasteiger partial charge in [0.1, 0.15) is 5.75 Å². The first-order valence-electron chi connectivity index (χ1n) is 9.79. The molecule has 0 spiro atoms. The Morgan fingerprint density at radius 2 is 1.74 bits per heavy atom. The molecule has 0 aliphatic rings.